The second kappa shape index (κ2) is 5.03. The van der Waals surface area contributed by atoms with Crippen LogP contribution >= 0.6 is 11.8 Å². The molecule has 3 nitrogen and oxygen atoms in total. The molecule has 1 aromatic rings. The molecule has 1 saturated heterocycles. The molecule has 0 aliphatic carbocycles. The van der Waals surface area contributed by atoms with Crippen molar-refractivity contribution in [3.8, 4) is 0 Å². The van der Waals surface area contributed by atoms with Gasteiger partial charge in [0.15, 0.2) is 0 Å². The highest BCUT2D eigenvalue weighted by atomic mass is 32.2. The molecule has 2 heterocycles. The maximum absolute atomic E-state index is 6.18. The molecule has 0 aromatic carbocycles. The predicted molar refractivity (Wildman–Crippen MR) is 64.8 cm³/mol. The SMILES string of the molecule is Cn1cc(C(N)CC2CCSCC2)cn1. The van der Waals surface area contributed by atoms with Gasteiger partial charge in [0, 0.05) is 24.8 Å². The molecule has 1 aliphatic rings. The number of aromatic nitrogens is 2. The Morgan fingerprint density at radius 3 is 2.93 bits per heavy atom. The van der Waals surface area contributed by atoms with Gasteiger partial charge in [-0.05, 0) is 36.7 Å². The molecule has 1 fully saturated rings. The summed E-state index contributed by atoms with van der Waals surface area (Å²) in [7, 11) is 1.94. The van der Waals surface area contributed by atoms with Crippen molar-refractivity contribution in [2.24, 2.45) is 18.7 Å². The number of nitrogens with zero attached hydrogens (tertiary/aromatic N) is 2. The Kier molecular flexibility index (Phi) is 3.70. The van der Waals surface area contributed by atoms with E-state index < -0.39 is 0 Å². The van der Waals surface area contributed by atoms with Crippen LogP contribution in [0.5, 0.6) is 0 Å². The molecule has 0 amide bonds. The van der Waals surface area contributed by atoms with Crippen LogP contribution in [0.4, 0.5) is 0 Å². The molecule has 4 heteroatoms. The third-order valence-corrected chi connectivity index (χ3v) is 4.13. The Balaban J connectivity index is 1.88. The quantitative estimate of drug-likeness (QED) is 0.855. The largest absolute Gasteiger partial charge is 0.324 e. The minimum atomic E-state index is 0.173. The summed E-state index contributed by atoms with van der Waals surface area (Å²) in [6, 6.07) is 0.173. The first-order chi connectivity index (χ1) is 7.25. The van der Waals surface area contributed by atoms with Crippen molar-refractivity contribution >= 4 is 11.8 Å². The van der Waals surface area contributed by atoms with Crippen LogP contribution in [0.2, 0.25) is 0 Å². The van der Waals surface area contributed by atoms with Crippen molar-refractivity contribution in [2.75, 3.05) is 11.5 Å². The number of hydrogen-bond donors (Lipinski definition) is 1. The maximum Gasteiger partial charge on any atom is 0.0537 e. The molecule has 2 N–H and O–H groups in total. The molecule has 84 valence electrons. The molecule has 15 heavy (non-hydrogen) atoms. The van der Waals surface area contributed by atoms with Crippen LogP contribution in [0.3, 0.4) is 0 Å². The van der Waals surface area contributed by atoms with Gasteiger partial charge in [0.1, 0.15) is 0 Å². The van der Waals surface area contributed by atoms with Gasteiger partial charge < -0.3 is 5.73 Å². The minimum Gasteiger partial charge on any atom is -0.324 e. The van der Waals surface area contributed by atoms with Gasteiger partial charge in [0.25, 0.3) is 0 Å². The van der Waals surface area contributed by atoms with E-state index in [9.17, 15) is 0 Å². The van der Waals surface area contributed by atoms with Gasteiger partial charge in [-0.3, -0.25) is 4.68 Å². The Morgan fingerprint density at radius 2 is 2.33 bits per heavy atom. The second-order valence-electron chi connectivity index (χ2n) is 4.35. The van der Waals surface area contributed by atoms with Crippen LogP contribution in [0, 0.1) is 5.92 Å². The second-order valence-corrected chi connectivity index (χ2v) is 5.57. The third-order valence-electron chi connectivity index (χ3n) is 3.08. The minimum absolute atomic E-state index is 0.173. The summed E-state index contributed by atoms with van der Waals surface area (Å²) in [5.74, 6) is 3.44. The Bertz CT molecular complexity index is 305. The Labute approximate surface area is 95.4 Å². The van der Waals surface area contributed by atoms with E-state index >= 15 is 0 Å². The molecule has 0 spiro atoms. The van der Waals surface area contributed by atoms with E-state index in [4.69, 9.17) is 5.73 Å². The van der Waals surface area contributed by atoms with Crippen molar-refractivity contribution in [1.82, 2.24) is 9.78 Å². The van der Waals surface area contributed by atoms with Gasteiger partial charge in [-0.15, -0.1) is 0 Å². The molecule has 0 bridgehead atoms. The van der Waals surface area contributed by atoms with E-state index in [1.807, 2.05) is 24.1 Å². The van der Waals surface area contributed by atoms with Crippen LogP contribution in [-0.2, 0) is 7.05 Å². The first-order valence-electron chi connectivity index (χ1n) is 5.57. The van der Waals surface area contributed by atoms with Crippen LogP contribution in [-0.4, -0.2) is 21.3 Å². The Hall–Kier alpha value is -0.480. The number of nitrogens with two attached hydrogens (primary N) is 1. The first-order valence-corrected chi connectivity index (χ1v) is 6.73. The van der Waals surface area contributed by atoms with Crippen molar-refractivity contribution in [3.05, 3.63) is 18.0 Å². The first kappa shape index (κ1) is 11.0. The van der Waals surface area contributed by atoms with Gasteiger partial charge in [-0.2, -0.15) is 16.9 Å². The van der Waals surface area contributed by atoms with E-state index in [0.29, 0.717) is 0 Å². The van der Waals surface area contributed by atoms with E-state index in [1.165, 1.54) is 29.9 Å². The maximum atomic E-state index is 6.18. The predicted octanol–water partition coefficient (Wildman–Crippen LogP) is 1.95. The fraction of sp³-hybridized carbons (Fsp3) is 0.727. The van der Waals surface area contributed by atoms with Gasteiger partial charge in [-0.25, -0.2) is 0 Å². The summed E-state index contributed by atoms with van der Waals surface area (Å²) in [6.07, 6.45) is 7.70. The van der Waals surface area contributed by atoms with Gasteiger partial charge in [0.2, 0.25) is 0 Å². The Morgan fingerprint density at radius 1 is 1.60 bits per heavy atom. The normalized spacial score (nSPS) is 20.4. The standard InChI is InChI=1S/C11H19N3S/c1-14-8-10(7-13-14)11(12)6-9-2-4-15-5-3-9/h7-9,11H,2-6,12H2,1H3. The summed E-state index contributed by atoms with van der Waals surface area (Å²) in [5, 5.41) is 4.16. The van der Waals surface area contributed by atoms with Crippen LogP contribution in [0.15, 0.2) is 12.4 Å². The number of hydrogen-bond acceptors (Lipinski definition) is 3. The van der Waals surface area contributed by atoms with Crippen LogP contribution in [0.25, 0.3) is 0 Å². The fourth-order valence-electron chi connectivity index (χ4n) is 2.11. The molecule has 0 radical (unpaired) electrons. The lowest BCUT2D eigenvalue weighted by molar-refractivity contribution is 0.413. The van der Waals surface area contributed by atoms with Gasteiger partial charge in [-0.1, -0.05) is 0 Å². The molecule has 1 unspecified atom stereocenters. The zero-order chi connectivity index (χ0) is 10.7. The zero-order valence-electron chi connectivity index (χ0n) is 9.22. The van der Waals surface area contributed by atoms with Gasteiger partial charge >= 0.3 is 0 Å². The molecule has 1 atom stereocenters. The number of thioether (sulfide) groups is 1. The van der Waals surface area contributed by atoms with Crippen molar-refractivity contribution in [1.29, 1.82) is 0 Å². The van der Waals surface area contributed by atoms with Crippen LogP contribution in [0.1, 0.15) is 30.9 Å². The number of rotatable bonds is 3. The zero-order valence-corrected chi connectivity index (χ0v) is 10.0. The molecule has 1 aliphatic heterocycles. The van der Waals surface area contributed by atoms with E-state index in [-0.39, 0.29) is 6.04 Å². The van der Waals surface area contributed by atoms with E-state index in [0.717, 1.165) is 12.3 Å². The summed E-state index contributed by atoms with van der Waals surface area (Å²) < 4.78 is 1.83. The fourth-order valence-corrected chi connectivity index (χ4v) is 3.31. The molecular weight excluding hydrogens is 206 g/mol. The van der Waals surface area contributed by atoms with Gasteiger partial charge in [0.05, 0.1) is 6.20 Å². The number of aryl methyl sites for hydroxylation is 1. The highest BCUT2D eigenvalue weighted by Gasteiger charge is 2.18. The highest BCUT2D eigenvalue weighted by Crippen LogP contribution is 2.29. The molecule has 0 saturated carbocycles. The monoisotopic (exact) mass is 225 g/mol. The molecular formula is C11H19N3S. The van der Waals surface area contributed by atoms with E-state index in [1.54, 1.807) is 0 Å². The lowest BCUT2D eigenvalue weighted by atomic mass is 9.92. The summed E-state index contributed by atoms with van der Waals surface area (Å²) in [6.45, 7) is 0. The topological polar surface area (TPSA) is 43.8 Å². The van der Waals surface area contributed by atoms with Crippen molar-refractivity contribution in [2.45, 2.75) is 25.3 Å². The lowest BCUT2D eigenvalue weighted by Gasteiger charge is -2.23. The van der Waals surface area contributed by atoms with Crippen molar-refractivity contribution in [3.63, 3.8) is 0 Å². The smallest absolute Gasteiger partial charge is 0.0537 e. The average Bonchev–Trinajstić information content (AvgIpc) is 2.66. The highest BCUT2D eigenvalue weighted by molar-refractivity contribution is 7.99. The molecule has 1 aromatic heterocycles. The third kappa shape index (κ3) is 2.98. The summed E-state index contributed by atoms with van der Waals surface area (Å²) in [4.78, 5) is 0. The lowest BCUT2D eigenvalue weighted by Crippen LogP contribution is -2.18. The summed E-state index contributed by atoms with van der Waals surface area (Å²) >= 11 is 2.07. The summed E-state index contributed by atoms with van der Waals surface area (Å²) in [5.41, 5.74) is 7.36. The molecule has 2 rings (SSSR count). The van der Waals surface area contributed by atoms with Crippen LogP contribution < -0.4 is 5.73 Å². The van der Waals surface area contributed by atoms with Crippen molar-refractivity contribution < 1.29 is 0 Å². The average molecular weight is 225 g/mol. The van der Waals surface area contributed by atoms with E-state index in [2.05, 4.69) is 16.9 Å².